The Morgan fingerprint density at radius 1 is 1.27 bits per heavy atom. The van der Waals surface area contributed by atoms with Crippen molar-refractivity contribution in [1.29, 1.82) is 5.26 Å². The van der Waals surface area contributed by atoms with Crippen LogP contribution in [0, 0.1) is 39.0 Å². The Balaban J connectivity index is 1.92. The van der Waals surface area contributed by atoms with Gasteiger partial charge in [0.05, 0.1) is 21.8 Å². The van der Waals surface area contributed by atoms with Crippen molar-refractivity contribution < 1.29 is 27.2 Å². The fourth-order valence-electron chi connectivity index (χ4n) is 3.42. The van der Waals surface area contributed by atoms with E-state index in [1.54, 1.807) is 38.3 Å². The third-order valence-corrected chi connectivity index (χ3v) is 5.48. The third kappa shape index (κ3) is 4.96. The van der Waals surface area contributed by atoms with Gasteiger partial charge in [-0.1, -0.05) is 16.8 Å². The Labute approximate surface area is 192 Å². The van der Waals surface area contributed by atoms with E-state index < -0.39 is 22.7 Å². The molecule has 33 heavy (non-hydrogen) atoms. The number of alkyl halides is 3. The van der Waals surface area contributed by atoms with Gasteiger partial charge >= 0.3 is 12.1 Å². The maximum Gasteiger partial charge on any atom is 0.417 e. The zero-order valence-electron chi connectivity index (χ0n) is 18.2. The molecule has 3 rings (SSSR count). The molecular weight excluding hydrogens is 459 g/mol. The van der Waals surface area contributed by atoms with E-state index in [1.165, 1.54) is 18.2 Å². The molecule has 2 aromatic heterocycles. The molecule has 10 heteroatoms. The van der Waals surface area contributed by atoms with Crippen LogP contribution in [0.2, 0.25) is 5.02 Å². The molecule has 0 aliphatic heterocycles. The Kier molecular flexibility index (Phi) is 6.70. The second-order valence-electron chi connectivity index (χ2n) is 7.37. The van der Waals surface area contributed by atoms with Gasteiger partial charge in [-0.2, -0.15) is 18.4 Å². The second kappa shape index (κ2) is 9.16. The molecule has 172 valence electrons. The molecule has 0 bridgehead atoms. The summed E-state index contributed by atoms with van der Waals surface area (Å²) in [5, 5.41) is 12.8. The van der Waals surface area contributed by atoms with Crippen molar-refractivity contribution in [2.75, 3.05) is 0 Å². The number of carbonyl (C=O) groups excluding carboxylic acids is 1. The van der Waals surface area contributed by atoms with E-state index in [9.17, 15) is 23.2 Å². The topological polar surface area (TPSA) is 81.1 Å². The number of rotatable bonds is 5. The number of aromatic nitrogens is 2. The Morgan fingerprint density at radius 2 is 1.97 bits per heavy atom. The highest BCUT2D eigenvalue weighted by Crippen LogP contribution is 2.36. The minimum Gasteiger partial charge on any atom is -0.456 e. The average Bonchev–Trinajstić information content (AvgIpc) is 3.21. The maximum atomic E-state index is 13.3. The second-order valence-corrected chi connectivity index (χ2v) is 7.78. The number of aryl methyl sites for hydroxylation is 3. The molecule has 0 saturated heterocycles. The molecule has 0 aliphatic rings. The van der Waals surface area contributed by atoms with Crippen molar-refractivity contribution in [3.05, 3.63) is 74.4 Å². The first-order valence-corrected chi connectivity index (χ1v) is 10.1. The molecule has 3 aromatic rings. The number of carbonyl (C=O) groups is 1. The van der Waals surface area contributed by atoms with Crippen molar-refractivity contribution in [2.24, 2.45) is 0 Å². The summed E-state index contributed by atoms with van der Waals surface area (Å²) in [5.41, 5.74) is 1.86. The van der Waals surface area contributed by atoms with Gasteiger partial charge in [-0.25, -0.2) is 4.79 Å². The van der Waals surface area contributed by atoms with E-state index in [-0.39, 0.29) is 17.9 Å². The lowest BCUT2D eigenvalue weighted by Gasteiger charge is -2.14. The number of ether oxygens (including phenoxy) is 1. The predicted molar refractivity (Wildman–Crippen MR) is 115 cm³/mol. The maximum absolute atomic E-state index is 13.3. The minimum absolute atomic E-state index is 0.108. The van der Waals surface area contributed by atoms with Gasteiger partial charge in [-0.3, -0.25) is 0 Å². The monoisotopic (exact) mass is 477 g/mol. The number of benzene rings is 1. The zero-order chi connectivity index (χ0) is 24.5. The molecule has 2 heterocycles. The van der Waals surface area contributed by atoms with Crippen LogP contribution in [0.4, 0.5) is 13.2 Å². The summed E-state index contributed by atoms with van der Waals surface area (Å²) in [6, 6.07) is 7.08. The normalized spacial score (nSPS) is 12.0. The lowest BCUT2D eigenvalue weighted by atomic mass is 10.1. The summed E-state index contributed by atoms with van der Waals surface area (Å²) in [5.74, 6) is -0.333. The van der Waals surface area contributed by atoms with E-state index in [1.807, 2.05) is 6.07 Å². The van der Waals surface area contributed by atoms with E-state index in [4.69, 9.17) is 20.9 Å². The van der Waals surface area contributed by atoms with Crippen molar-refractivity contribution in [3.8, 4) is 11.8 Å². The van der Waals surface area contributed by atoms with Gasteiger partial charge < -0.3 is 13.8 Å². The largest absolute Gasteiger partial charge is 0.456 e. The molecule has 6 nitrogen and oxygen atoms in total. The summed E-state index contributed by atoms with van der Waals surface area (Å²) in [4.78, 5) is 12.5. The van der Waals surface area contributed by atoms with Gasteiger partial charge in [-0.05, 0) is 63.6 Å². The smallest absolute Gasteiger partial charge is 0.417 e. The molecule has 0 fully saturated rings. The minimum atomic E-state index is -4.61. The van der Waals surface area contributed by atoms with Crippen LogP contribution in [0.3, 0.4) is 0 Å². The van der Waals surface area contributed by atoms with E-state index in [0.29, 0.717) is 34.0 Å². The highest BCUT2D eigenvalue weighted by atomic mass is 35.5. The molecule has 0 amide bonds. The van der Waals surface area contributed by atoms with Crippen LogP contribution in [0.15, 0.2) is 34.4 Å². The van der Waals surface area contributed by atoms with Gasteiger partial charge in [0.25, 0.3) is 0 Å². The van der Waals surface area contributed by atoms with Crippen LogP contribution in [0.1, 0.15) is 39.5 Å². The van der Waals surface area contributed by atoms with Crippen LogP contribution in [0.25, 0.3) is 11.8 Å². The number of nitriles is 1. The summed E-state index contributed by atoms with van der Waals surface area (Å²) < 4.78 is 51.7. The summed E-state index contributed by atoms with van der Waals surface area (Å²) >= 11 is 5.73. The molecule has 0 radical (unpaired) electrons. The standard InChI is InChI=1S/C23H19ClF3N3O3/c1-12-7-16(8-17(10-28)22(31)32-11-19-13(2)29-33-15(19)4)14(3)30(12)18-5-6-21(24)20(9-18)23(25,26)27/h5-9H,11H2,1-4H3/b17-8-. The number of hydrogen-bond acceptors (Lipinski definition) is 5. The number of halogens is 4. The predicted octanol–water partition coefficient (Wildman–Crippen LogP) is 6.02. The Hall–Kier alpha value is -3.51. The first kappa shape index (κ1) is 24.1. The van der Waals surface area contributed by atoms with E-state index >= 15 is 0 Å². The number of hydrogen-bond donors (Lipinski definition) is 0. The van der Waals surface area contributed by atoms with Crippen LogP contribution >= 0.6 is 11.6 Å². The molecular formula is C23H19ClF3N3O3. The first-order valence-electron chi connectivity index (χ1n) is 9.70. The first-order chi connectivity index (χ1) is 15.4. The number of esters is 1. The molecule has 0 aliphatic carbocycles. The van der Waals surface area contributed by atoms with Gasteiger partial charge in [0, 0.05) is 17.1 Å². The molecule has 0 unspecified atom stereocenters. The van der Waals surface area contributed by atoms with Gasteiger partial charge in [0.2, 0.25) is 0 Å². The van der Waals surface area contributed by atoms with Crippen LogP contribution in [-0.2, 0) is 22.3 Å². The summed E-state index contributed by atoms with van der Waals surface area (Å²) in [7, 11) is 0. The van der Waals surface area contributed by atoms with E-state index in [0.717, 1.165) is 6.07 Å². The molecule has 0 spiro atoms. The molecule has 0 atom stereocenters. The number of nitrogens with zero attached hydrogens (tertiary/aromatic N) is 3. The average molecular weight is 478 g/mol. The summed E-state index contributed by atoms with van der Waals surface area (Å²) in [6.07, 6.45) is -3.27. The van der Waals surface area contributed by atoms with Crippen molar-refractivity contribution >= 4 is 23.6 Å². The lowest BCUT2D eigenvalue weighted by molar-refractivity contribution is -0.140. The lowest BCUT2D eigenvalue weighted by Crippen LogP contribution is -2.08. The van der Waals surface area contributed by atoms with Crippen molar-refractivity contribution in [3.63, 3.8) is 0 Å². The fraction of sp³-hybridized carbons (Fsp3) is 0.261. The highest BCUT2D eigenvalue weighted by Gasteiger charge is 2.33. The quantitative estimate of drug-likeness (QED) is 0.255. The van der Waals surface area contributed by atoms with E-state index in [2.05, 4.69) is 5.16 Å². The molecule has 0 N–H and O–H groups in total. The van der Waals surface area contributed by atoms with Gasteiger partial charge in [-0.15, -0.1) is 0 Å². The molecule has 0 saturated carbocycles. The summed E-state index contributed by atoms with van der Waals surface area (Å²) in [6.45, 7) is 6.65. The Bertz CT molecular complexity index is 1280. The fourth-order valence-corrected chi connectivity index (χ4v) is 3.64. The van der Waals surface area contributed by atoms with Crippen molar-refractivity contribution in [1.82, 2.24) is 9.72 Å². The van der Waals surface area contributed by atoms with Gasteiger partial charge in [0.15, 0.2) is 0 Å². The zero-order valence-corrected chi connectivity index (χ0v) is 18.9. The van der Waals surface area contributed by atoms with Crippen LogP contribution in [0.5, 0.6) is 0 Å². The SMILES string of the molecule is Cc1noc(C)c1COC(=O)/C(C#N)=C\c1cc(C)n(-c2ccc(Cl)c(C(F)(F)F)c2)c1C. The third-order valence-electron chi connectivity index (χ3n) is 5.15. The van der Waals surface area contributed by atoms with Gasteiger partial charge in [0.1, 0.15) is 24.0 Å². The molecule has 1 aromatic carbocycles. The van der Waals surface area contributed by atoms with Crippen LogP contribution < -0.4 is 0 Å². The van der Waals surface area contributed by atoms with Crippen molar-refractivity contribution in [2.45, 2.75) is 40.5 Å². The highest BCUT2D eigenvalue weighted by molar-refractivity contribution is 6.31. The Morgan fingerprint density at radius 3 is 2.55 bits per heavy atom. The van der Waals surface area contributed by atoms with Crippen LogP contribution in [-0.4, -0.2) is 15.7 Å².